The van der Waals surface area contributed by atoms with Crippen molar-refractivity contribution in [1.82, 2.24) is 10.2 Å². The second-order valence-electron chi connectivity index (χ2n) is 9.90. The molecular weight excluding hydrogens is 476 g/mol. The van der Waals surface area contributed by atoms with Crippen LogP contribution >= 0.6 is 11.6 Å². The van der Waals surface area contributed by atoms with Crippen LogP contribution < -0.4 is 5.32 Å². The van der Waals surface area contributed by atoms with Crippen LogP contribution in [0.4, 0.5) is 0 Å². The van der Waals surface area contributed by atoms with Gasteiger partial charge in [-0.3, -0.25) is 9.69 Å². The Bertz CT molecular complexity index is 1220. The molecule has 5 rings (SSSR count). The van der Waals surface area contributed by atoms with Crippen molar-refractivity contribution in [2.45, 2.75) is 24.8 Å². The lowest BCUT2D eigenvalue weighted by Crippen LogP contribution is -2.33. The van der Waals surface area contributed by atoms with Gasteiger partial charge in [0.25, 0.3) is 0 Å². The molecule has 0 aromatic heterocycles. The summed E-state index contributed by atoms with van der Waals surface area (Å²) in [6.07, 6.45) is 1.51. The summed E-state index contributed by atoms with van der Waals surface area (Å²) in [6.45, 7) is 2.65. The number of rotatable bonds is 9. The maximum atomic E-state index is 13.1. The van der Waals surface area contributed by atoms with E-state index in [9.17, 15) is 4.79 Å². The lowest BCUT2D eigenvalue weighted by atomic mass is 9.88. The van der Waals surface area contributed by atoms with Crippen LogP contribution in [0.1, 0.15) is 47.1 Å². The molecule has 0 radical (unpaired) electrons. The quantitative estimate of drug-likeness (QED) is 0.262. The Kier molecular flexibility index (Phi) is 8.35. The first kappa shape index (κ1) is 25.3. The molecule has 1 fully saturated rings. The predicted octanol–water partition coefficient (Wildman–Crippen LogP) is 7.09. The normalized spacial score (nSPS) is 16.5. The molecular formula is C33H33ClN2O. The summed E-state index contributed by atoms with van der Waals surface area (Å²) in [6, 6.07) is 39.7. The SMILES string of the molecule is O=C(CC(c1ccccc1)c1ccccc1)NCC1CCN(C(c2ccccc2)c2ccc(Cl)cc2)C1. The van der Waals surface area contributed by atoms with E-state index in [1.807, 2.05) is 48.5 Å². The molecule has 37 heavy (non-hydrogen) atoms. The molecule has 0 saturated carbocycles. The van der Waals surface area contributed by atoms with Crippen LogP contribution in [0.5, 0.6) is 0 Å². The van der Waals surface area contributed by atoms with Crippen molar-refractivity contribution in [3.63, 3.8) is 0 Å². The van der Waals surface area contributed by atoms with Gasteiger partial charge in [-0.2, -0.15) is 0 Å². The van der Waals surface area contributed by atoms with Gasteiger partial charge in [-0.25, -0.2) is 0 Å². The minimum Gasteiger partial charge on any atom is -0.356 e. The summed E-state index contributed by atoms with van der Waals surface area (Å²) in [5.74, 6) is 0.581. The zero-order valence-electron chi connectivity index (χ0n) is 21.0. The zero-order valence-corrected chi connectivity index (χ0v) is 21.7. The van der Waals surface area contributed by atoms with Crippen LogP contribution in [-0.2, 0) is 4.79 Å². The van der Waals surface area contributed by atoms with E-state index in [0.717, 1.165) is 24.5 Å². The third-order valence-electron chi connectivity index (χ3n) is 7.36. The number of carbonyl (C=O) groups excluding carboxylic acids is 1. The second-order valence-corrected chi connectivity index (χ2v) is 10.3. The smallest absolute Gasteiger partial charge is 0.220 e. The van der Waals surface area contributed by atoms with Gasteiger partial charge in [0, 0.05) is 30.5 Å². The van der Waals surface area contributed by atoms with E-state index in [4.69, 9.17) is 11.6 Å². The van der Waals surface area contributed by atoms with Crippen LogP contribution in [0.3, 0.4) is 0 Å². The highest BCUT2D eigenvalue weighted by molar-refractivity contribution is 6.30. The minimum atomic E-state index is 0.0508. The van der Waals surface area contributed by atoms with Gasteiger partial charge in [0.2, 0.25) is 5.91 Å². The standard InChI is InChI=1S/C33H33ClN2O/c34-30-18-16-29(17-19-30)33(28-14-8-3-9-15-28)36-21-20-25(24-36)23-35-32(37)22-31(26-10-4-1-5-11-26)27-12-6-2-7-13-27/h1-19,25,31,33H,20-24H2,(H,35,37). The minimum absolute atomic E-state index is 0.0508. The van der Waals surface area contributed by atoms with Crippen LogP contribution in [0.2, 0.25) is 5.02 Å². The van der Waals surface area contributed by atoms with Crippen LogP contribution in [0.15, 0.2) is 115 Å². The molecule has 1 aliphatic rings. The van der Waals surface area contributed by atoms with E-state index in [0.29, 0.717) is 18.9 Å². The highest BCUT2D eigenvalue weighted by Crippen LogP contribution is 2.34. The second kappa shape index (κ2) is 12.2. The van der Waals surface area contributed by atoms with E-state index < -0.39 is 0 Å². The van der Waals surface area contributed by atoms with Crippen LogP contribution in [-0.4, -0.2) is 30.4 Å². The molecule has 4 aromatic rings. The summed E-state index contributed by atoms with van der Waals surface area (Å²) < 4.78 is 0. The van der Waals surface area contributed by atoms with Crippen molar-refractivity contribution in [2.75, 3.05) is 19.6 Å². The molecule has 0 bridgehead atoms. The number of hydrogen-bond donors (Lipinski definition) is 1. The molecule has 1 aliphatic heterocycles. The fraction of sp³-hybridized carbons (Fsp3) is 0.242. The molecule has 1 heterocycles. The van der Waals surface area contributed by atoms with E-state index in [-0.39, 0.29) is 17.9 Å². The molecule has 0 aliphatic carbocycles. The van der Waals surface area contributed by atoms with E-state index in [2.05, 4.69) is 76.9 Å². The largest absolute Gasteiger partial charge is 0.356 e. The third kappa shape index (κ3) is 6.49. The Balaban J connectivity index is 1.23. The molecule has 4 aromatic carbocycles. The van der Waals surface area contributed by atoms with Crippen molar-refractivity contribution in [2.24, 2.45) is 5.92 Å². The molecule has 1 amide bonds. The number of likely N-dealkylation sites (tertiary alicyclic amines) is 1. The lowest BCUT2D eigenvalue weighted by Gasteiger charge is -2.29. The molecule has 1 N–H and O–H groups in total. The first-order valence-electron chi connectivity index (χ1n) is 13.1. The maximum Gasteiger partial charge on any atom is 0.220 e. The summed E-state index contributed by atoms with van der Waals surface area (Å²) in [5.41, 5.74) is 4.87. The molecule has 2 atom stereocenters. The van der Waals surface area contributed by atoms with Crippen LogP contribution in [0, 0.1) is 5.92 Å². The van der Waals surface area contributed by atoms with Crippen molar-refractivity contribution < 1.29 is 4.79 Å². The Hall–Kier alpha value is -3.40. The van der Waals surface area contributed by atoms with Gasteiger partial charge >= 0.3 is 0 Å². The number of amides is 1. The van der Waals surface area contributed by atoms with Gasteiger partial charge in [-0.15, -0.1) is 0 Å². The lowest BCUT2D eigenvalue weighted by molar-refractivity contribution is -0.121. The predicted molar refractivity (Wildman–Crippen MR) is 152 cm³/mol. The van der Waals surface area contributed by atoms with Gasteiger partial charge in [-0.1, -0.05) is 115 Å². The van der Waals surface area contributed by atoms with Gasteiger partial charge in [0.1, 0.15) is 0 Å². The van der Waals surface area contributed by atoms with Gasteiger partial charge in [0.15, 0.2) is 0 Å². The Morgan fingerprint density at radius 2 is 1.27 bits per heavy atom. The zero-order chi connectivity index (χ0) is 25.5. The summed E-state index contributed by atoms with van der Waals surface area (Å²) in [7, 11) is 0. The molecule has 188 valence electrons. The van der Waals surface area contributed by atoms with E-state index in [1.165, 1.54) is 22.3 Å². The monoisotopic (exact) mass is 508 g/mol. The Labute approximate surface area is 225 Å². The van der Waals surface area contributed by atoms with Gasteiger partial charge in [0.05, 0.1) is 6.04 Å². The average molecular weight is 509 g/mol. The number of nitrogens with one attached hydrogen (secondary N) is 1. The highest BCUT2D eigenvalue weighted by Gasteiger charge is 2.30. The molecule has 3 nitrogen and oxygen atoms in total. The van der Waals surface area contributed by atoms with Crippen LogP contribution in [0.25, 0.3) is 0 Å². The van der Waals surface area contributed by atoms with E-state index >= 15 is 0 Å². The fourth-order valence-electron chi connectivity index (χ4n) is 5.47. The Morgan fingerprint density at radius 3 is 1.84 bits per heavy atom. The topological polar surface area (TPSA) is 32.3 Å². The first-order chi connectivity index (χ1) is 18.2. The summed E-state index contributed by atoms with van der Waals surface area (Å²) >= 11 is 6.18. The Morgan fingerprint density at radius 1 is 0.757 bits per heavy atom. The fourth-order valence-corrected chi connectivity index (χ4v) is 5.60. The number of nitrogens with zero attached hydrogens (tertiary/aromatic N) is 1. The number of carbonyl (C=O) groups is 1. The molecule has 1 saturated heterocycles. The summed E-state index contributed by atoms with van der Waals surface area (Å²) in [4.78, 5) is 15.6. The number of benzene rings is 4. The number of hydrogen-bond acceptors (Lipinski definition) is 2. The van der Waals surface area contributed by atoms with Crippen molar-refractivity contribution in [3.05, 3.63) is 143 Å². The van der Waals surface area contributed by atoms with Crippen molar-refractivity contribution in [3.8, 4) is 0 Å². The first-order valence-corrected chi connectivity index (χ1v) is 13.5. The van der Waals surface area contributed by atoms with E-state index in [1.54, 1.807) is 0 Å². The van der Waals surface area contributed by atoms with Gasteiger partial charge < -0.3 is 5.32 Å². The number of halogens is 1. The average Bonchev–Trinajstić information content (AvgIpc) is 3.42. The summed E-state index contributed by atoms with van der Waals surface area (Å²) in [5, 5.41) is 4.01. The molecule has 4 heteroatoms. The van der Waals surface area contributed by atoms with Gasteiger partial charge in [-0.05, 0) is 53.3 Å². The maximum absolute atomic E-state index is 13.1. The van der Waals surface area contributed by atoms with Crippen molar-refractivity contribution in [1.29, 1.82) is 0 Å². The van der Waals surface area contributed by atoms with Crippen molar-refractivity contribution >= 4 is 17.5 Å². The third-order valence-corrected chi connectivity index (χ3v) is 7.62. The molecule has 2 unspecified atom stereocenters. The highest BCUT2D eigenvalue weighted by atomic mass is 35.5. The molecule has 0 spiro atoms.